The number of nitrogens with one attached hydrogen (secondary N) is 1. The third-order valence-corrected chi connectivity index (χ3v) is 4.34. The summed E-state index contributed by atoms with van der Waals surface area (Å²) in [5, 5.41) is 3.52. The maximum atomic E-state index is 4.53. The smallest absolute Gasteiger partial charge is 0.106 e. The van der Waals surface area contributed by atoms with Crippen LogP contribution in [-0.2, 0) is 13.0 Å². The maximum Gasteiger partial charge on any atom is 0.106 e. The lowest BCUT2D eigenvalue weighted by molar-refractivity contribution is 0.213. The third kappa shape index (κ3) is 4.15. The highest BCUT2D eigenvalue weighted by atomic mass is 79.9. The van der Waals surface area contributed by atoms with Crippen molar-refractivity contribution in [1.29, 1.82) is 0 Å². The molecule has 6 heteroatoms. The number of aromatic nitrogens is 2. The first kappa shape index (κ1) is 15.6. The van der Waals surface area contributed by atoms with Crippen LogP contribution in [0.25, 0.3) is 0 Å². The summed E-state index contributed by atoms with van der Waals surface area (Å²) < 4.78 is 1.74. The molecule has 1 atom stereocenters. The van der Waals surface area contributed by atoms with Crippen LogP contribution < -0.4 is 5.32 Å². The van der Waals surface area contributed by atoms with E-state index in [1.807, 2.05) is 30.3 Å². The minimum absolute atomic E-state index is 0.215. The van der Waals surface area contributed by atoms with E-state index in [0.29, 0.717) is 0 Å². The van der Waals surface area contributed by atoms with Gasteiger partial charge in [-0.25, -0.2) is 9.97 Å². The fraction of sp³-hybridized carbons (Fsp3) is 0.250. The maximum absolute atomic E-state index is 4.53. The van der Waals surface area contributed by atoms with Crippen molar-refractivity contribution in [2.45, 2.75) is 19.1 Å². The van der Waals surface area contributed by atoms with Gasteiger partial charge in [0, 0.05) is 18.7 Å². The van der Waals surface area contributed by atoms with Gasteiger partial charge in [-0.15, -0.1) is 0 Å². The van der Waals surface area contributed by atoms with Gasteiger partial charge in [0.1, 0.15) is 9.21 Å². The van der Waals surface area contributed by atoms with Crippen LogP contribution in [-0.4, -0.2) is 27.6 Å². The highest BCUT2D eigenvalue weighted by Crippen LogP contribution is 2.15. The zero-order valence-electron chi connectivity index (χ0n) is 11.9. The SMILES string of the molecule is Brc1cccc(CC2NCC=CN2Cc2cccc(Br)n2)n1. The van der Waals surface area contributed by atoms with Crippen LogP contribution in [0.2, 0.25) is 0 Å². The van der Waals surface area contributed by atoms with Crippen LogP contribution in [0.15, 0.2) is 57.9 Å². The molecule has 1 N–H and O–H groups in total. The fourth-order valence-electron chi connectivity index (χ4n) is 2.45. The van der Waals surface area contributed by atoms with Gasteiger partial charge in [0.2, 0.25) is 0 Å². The summed E-state index contributed by atoms with van der Waals surface area (Å²) >= 11 is 6.85. The molecular formula is C16H16Br2N4. The molecule has 2 aromatic rings. The Kier molecular flexibility index (Phi) is 5.23. The summed E-state index contributed by atoms with van der Waals surface area (Å²) in [6.07, 6.45) is 5.33. The third-order valence-electron chi connectivity index (χ3n) is 3.46. The van der Waals surface area contributed by atoms with Gasteiger partial charge < -0.3 is 4.90 Å². The van der Waals surface area contributed by atoms with Gasteiger partial charge >= 0.3 is 0 Å². The van der Waals surface area contributed by atoms with E-state index in [0.717, 1.165) is 40.1 Å². The van der Waals surface area contributed by atoms with E-state index in [9.17, 15) is 0 Å². The second-order valence-corrected chi connectivity index (χ2v) is 6.71. The van der Waals surface area contributed by atoms with Gasteiger partial charge in [0.05, 0.1) is 18.4 Å². The molecule has 1 aliphatic rings. The minimum atomic E-state index is 0.215. The average molecular weight is 424 g/mol. The molecule has 4 nitrogen and oxygen atoms in total. The summed E-state index contributed by atoms with van der Waals surface area (Å²) in [5.41, 5.74) is 2.10. The van der Waals surface area contributed by atoms with Gasteiger partial charge in [0.15, 0.2) is 0 Å². The summed E-state index contributed by atoms with van der Waals surface area (Å²) in [6.45, 7) is 1.64. The Morgan fingerprint density at radius 1 is 1.05 bits per heavy atom. The molecule has 2 aromatic heterocycles. The molecule has 0 radical (unpaired) electrons. The molecule has 0 saturated carbocycles. The van der Waals surface area contributed by atoms with Crippen LogP contribution in [0.3, 0.4) is 0 Å². The molecule has 0 bridgehead atoms. The predicted molar refractivity (Wildman–Crippen MR) is 94.1 cm³/mol. The summed E-state index contributed by atoms with van der Waals surface area (Å²) in [7, 11) is 0. The Balaban J connectivity index is 1.73. The largest absolute Gasteiger partial charge is 0.356 e. The Labute approximate surface area is 146 Å². The van der Waals surface area contributed by atoms with Crippen LogP contribution >= 0.6 is 31.9 Å². The molecule has 1 unspecified atom stereocenters. The number of hydrogen-bond donors (Lipinski definition) is 1. The van der Waals surface area contributed by atoms with Crippen LogP contribution in [0.5, 0.6) is 0 Å². The van der Waals surface area contributed by atoms with Crippen LogP contribution in [0.1, 0.15) is 11.4 Å². The average Bonchev–Trinajstić information content (AvgIpc) is 2.49. The second-order valence-electron chi connectivity index (χ2n) is 5.09. The molecule has 0 spiro atoms. The monoisotopic (exact) mass is 422 g/mol. The van der Waals surface area contributed by atoms with E-state index >= 15 is 0 Å². The molecule has 0 fully saturated rings. The summed E-state index contributed by atoms with van der Waals surface area (Å²) in [5.74, 6) is 0. The van der Waals surface area contributed by atoms with Gasteiger partial charge in [-0.05, 0) is 62.3 Å². The van der Waals surface area contributed by atoms with Gasteiger partial charge in [-0.3, -0.25) is 5.32 Å². The van der Waals surface area contributed by atoms with E-state index in [4.69, 9.17) is 0 Å². The minimum Gasteiger partial charge on any atom is -0.356 e. The van der Waals surface area contributed by atoms with Gasteiger partial charge in [-0.2, -0.15) is 0 Å². The van der Waals surface area contributed by atoms with Crippen LogP contribution in [0.4, 0.5) is 0 Å². The van der Waals surface area contributed by atoms with Crippen molar-refractivity contribution in [3.63, 3.8) is 0 Å². The molecule has 22 heavy (non-hydrogen) atoms. The molecule has 0 aliphatic carbocycles. The summed E-state index contributed by atoms with van der Waals surface area (Å²) in [6, 6.07) is 12.0. The molecule has 3 rings (SSSR count). The van der Waals surface area contributed by atoms with Crippen molar-refractivity contribution in [3.05, 3.63) is 69.3 Å². The number of pyridine rings is 2. The van der Waals surface area contributed by atoms with Crippen molar-refractivity contribution in [3.8, 4) is 0 Å². The first-order chi connectivity index (χ1) is 10.7. The molecule has 3 heterocycles. The molecule has 0 amide bonds. The first-order valence-electron chi connectivity index (χ1n) is 7.09. The number of nitrogens with zero attached hydrogens (tertiary/aromatic N) is 3. The van der Waals surface area contributed by atoms with Crippen LogP contribution in [0, 0.1) is 0 Å². The Morgan fingerprint density at radius 3 is 2.45 bits per heavy atom. The Hall–Kier alpha value is -1.24. The first-order valence-corrected chi connectivity index (χ1v) is 8.68. The molecule has 1 aliphatic heterocycles. The van der Waals surface area contributed by atoms with Gasteiger partial charge in [-0.1, -0.05) is 18.2 Å². The number of rotatable bonds is 4. The standard InChI is InChI=1S/C16H16Br2N4/c17-14-6-1-4-12(20-14)10-16-19-8-3-9-22(16)11-13-5-2-7-15(18)21-13/h1-7,9,16,19H,8,10-11H2. The zero-order valence-corrected chi connectivity index (χ0v) is 15.1. The highest BCUT2D eigenvalue weighted by molar-refractivity contribution is 9.10. The Bertz CT molecular complexity index is 675. The molecule has 0 saturated heterocycles. The summed E-state index contributed by atoms with van der Waals surface area (Å²) in [4.78, 5) is 11.3. The lowest BCUT2D eigenvalue weighted by atomic mass is 10.2. The quantitative estimate of drug-likeness (QED) is 0.764. The fourth-order valence-corrected chi connectivity index (χ4v) is 3.21. The molecular weight excluding hydrogens is 408 g/mol. The van der Waals surface area contributed by atoms with E-state index in [-0.39, 0.29) is 6.17 Å². The van der Waals surface area contributed by atoms with Crippen molar-refractivity contribution in [2.75, 3.05) is 6.54 Å². The molecule has 0 aromatic carbocycles. The van der Waals surface area contributed by atoms with E-state index in [1.165, 1.54) is 0 Å². The Morgan fingerprint density at radius 2 is 1.73 bits per heavy atom. The van der Waals surface area contributed by atoms with E-state index in [2.05, 4.69) is 70.4 Å². The van der Waals surface area contributed by atoms with Crippen molar-refractivity contribution >= 4 is 31.9 Å². The topological polar surface area (TPSA) is 41.0 Å². The normalized spacial score (nSPS) is 17.7. The number of halogens is 2. The second kappa shape index (κ2) is 7.35. The van der Waals surface area contributed by atoms with Crippen molar-refractivity contribution < 1.29 is 0 Å². The van der Waals surface area contributed by atoms with E-state index in [1.54, 1.807) is 0 Å². The highest BCUT2D eigenvalue weighted by Gasteiger charge is 2.19. The van der Waals surface area contributed by atoms with E-state index < -0.39 is 0 Å². The van der Waals surface area contributed by atoms with Crippen molar-refractivity contribution in [1.82, 2.24) is 20.2 Å². The van der Waals surface area contributed by atoms with Gasteiger partial charge in [0.25, 0.3) is 0 Å². The predicted octanol–water partition coefficient (Wildman–Crippen LogP) is 3.49. The zero-order chi connectivity index (χ0) is 15.4. The molecule has 114 valence electrons. The lowest BCUT2D eigenvalue weighted by Crippen LogP contribution is -2.47. The number of hydrogen-bond acceptors (Lipinski definition) is 4. The lowest BCUT2D eigenvalue weighted by Gasteiger charge is -2.34. The van der Waals surface area contributed by atoms with Crippen molar-refractivity contribution in [2.24, 2.45) is 0 Å².